The number of aromatic nitrogens is 3. The lowest BCUT2D eigenvalue weighted by Crippen LogP contribution is -2.36. The van der Waals surface area contributed by atoms with E-state index in [1.54, 1.807) is 17.2 Å². The Morgan fingerprint density at radius 2 is 2.09 bits per heavy atom. The number of nitrogens with zero attached hydrogens (tertiary/aromatic N) is 4. The fourth-order valence-corrected chi connectivity index (χ4v) is 2.57. The predicted molar refractivity (Wildman–Crippen MR) is 85.8 cm³/mol. The molecule has 1 N–H and O–H groups in total. The molecule has 2 aromatic rings. The van der Waals surface area contributed by atoms with Crippen LogP contribution in [0.2, 0.25) is 10.3 Å². The molecule has 8 heteroatoms. The number of hydrogen-bond acceptors (Lipinski definition) is 5. The first kappa shape index (κ1) is 15.0. The van der Waals surface area contributed by atoms with E-state index < -0.39 is 0 Å². The van der Waals surface area contributed by atoms with Gasteiger partial charge in [0.1, 0.15) is 5.02 Å². The topological polar surface area (TPSA) is 71.0 Å². The molecular formula is C14H13Cl2N5O. The van der Waals surface area contributed by atoms with Gasteiger partial charge in [-0.1, -0.05) is 11.6 Å². The molecule has 0 atom stereocenters. The van der Waals surface area contributed by atoms with Crippen LogP contribution >= 0.6 is 23.2 Å². The summed E-state index contributed by atoms with van der Waals surface area (Å²) in [7, 11) is 0. The molecule has 0 bridgehead atoms. The fourth-order valence-electron chi connectivity index (χ4n) is 2.30. The SMILES string of the molecule is O=C1CCCCN1c1ncccc1Nc1nc(Cl)ncc1Cl. The molecule has 3 rings (SSSR count). The van der Waals surface area contributed by atoms with E-state index in [2.05, 4.69) is 20.3 Å². The van der Waals surface area contributed by atoms with Crippen molar-refractivity contribution >= 4 is 46.4 Å². The molecule has 114 valence electrons. The van der Waals surface area contributed by atoms with Crippen molar-refractivity contribution in [2.24, 2.45) is 0 Å². The van der Waals surface area contributed by atoms with Crippen LogP contribution in [0.4, 0.5) is 17.3 Å². The van der Waals surface area contributed by atoms with Gasteiger partial charge < -0.3 is 5.32 Å². The number of hydrogen-bond donors (Lipinski definition) is 1. The van der Waals surface area contributed by atoms with Gasteiger partial charge >= 0.3 is 0 Å². The van der Waals surface area contributed by atoms with Gasteiger partial charge in [0.2, 0.25) is 11.2 Å². The fraction of sp³-hybridized carbons (Fsp3) is 0.286. The number of carbonyl (C=O) groups excluding carboxylic acids is 1. The van der Waals surface area contributed by atoms with Crippen LogP contribution in [0.1, 0.15) is 19.3 Å². The summed E-state index contributed by atoms with van der Waals surface area (Å²) in [4.78, 5) is 26.0. The first-order chi connectivity index (χ1) is 10.6. The molecule has 1 saturated heterocycles. The van der Waals surface area contributed by atoms with E-state index in [-0.39, 0.29) is 11.2 Å². The van der Waals surface area contributed by atoms with Crippen molar-refractivity contribution in [2.75, 3.05) is 16.8 Å². The number of amides is 1. The molecule has 1 aliphatic rings. The summed E-state index contributed by atoms with van der Waals surface area (Å²) in [6.07, 6.45) is 5.48. The zero-order valence-corrected chi connectivity index (χ0v) is 13.1. The number of nitrogens with one attached hydrogen (secondary N) is 1. The average Bonchev–Trinajstić information content (AvgIpc) is 2.52. The maximum absolute atomic E-state index is 12.1. The number of carbonyl (C=O) groups is 1. The Hall–Kier alpha value is -1.92. The van der Waals surface area contributed by atoms with Gasteiger partial charge in [-0.3, -0.25) is 9.69 Å². The van der Waals surface area contributed by atoms with Gasteiger partial charge in [0.05, 0.1) is 11.9 Å². The van der Waals surface area contributed by atoms with Gasteiger partial charge in [-0.2, -0.15) is 4.98 Å². The van der Waals surface area contributed by atoms with E-state index in [1.165, 1.54) is 6.20 Å². The summed E-state index contributed by atoms with van der Waals surface area (Å²) in [5.74, 6) is 1.01. The molecule has 2 aromatic heterocycles. The second-order valence-corrected chi connectivity index (χ2v) is 5.58. The van der Waals surface area contributed by atoms with Crippen molar-refractivity contribution in [3.05, 3.63) is 34.8 Å². The second kappa shape index (κ2) is 6.46. The second-order valence-electron chi connectivity index (χ2n) is 4.84. The maximum atomic E-state index is 12.1. The highest BCUT2D eigenvalue weighted by Crippen LogP contribution is 2.31. The Balaban J connectivity index is 1.94. The van der Waals surface area contributed by atoms with E-state index in [0.717, 1.165) is 12.8 Å². The molecule has 22 heavy (non-hydrogen) atoms. The summed E-state index contributed by atoms with van der Waals surface area (Å²) in [6, 6.07) is 3.59. The average molecular weight is 338 g/mol. The smallest absolute Gasteiger partial charge is 0.228 e. The normalized spacial score (nSPS) is 15.0. The van der Waals surface area contributed by atoms with Crippen molar-refractivity contribution < 1.29 is 4.79 Å². The van der Waals surface area contributed by atoms with Gasteiger partial charge in [-0.05, 0) is 36.6 Å². The lowest BCUT2D eigenvalue weighted by molar-refractivity contribution is -0.119. The molecule has 0 radical (unpaired) electrons. The lowest BCUT2D eigenvalue weighted by Gasteiger charge is -2.27. The van der Waals surface area contributed by atoms with Gasteiger partial charge in [-0.25, -0.2) is 9.97 Å². The maximum Gasteiger partial charge on any atom is 0.228 e. The van der Waals surface area contributed by atoms with Crippen LogP contribution in [-0.4, -0.2) is 27.4 Å². The van der Waals surface area contributed by atoms with Crippen molar-refractivity contribution in [1.82, 2.24) is 15.0 Å². The highest BCUT2D eigenvalue weighted by atomic mass is 35.5. The summed E-state index contributed by atoms with van der Waals surface area (Å²) in [5, 5.41) is 3.50. The van der Waals surface area contributed by atoms with Gasteiger partial charge in [0.15, 0.2) is 11.6 Å². The standard InChI is InChI=1S/C14H13Cl2N5O/c15-9-8-18-14(16)20-12(9)19-10-4-3-6-17-13(10)21-7-2-1-5-11(21)22/h3-4,6,8H,1-2,5,7H2,(H,18,19,20). The van der Waals surface area contributed by atoms with Crippen LogP contribution < -0.4 is 10.2 Å². The van der Waals surface area contributed by atoms with Crippen LogP contribution in [0, 0.1) is 0 Å². The van der Waals surface area contributed by atoms with Crippen LogP contribution in [0.15, 0.2) is 24.5 Å². The predicted octanol–water partition coefficient (Wildman–Crippen LogP) is 3.44. The summed E-state index contributed by atoms with van der Waals surface area (Å²) in [5.41, 5.74) is 0.648. The quantitative estimate of drug-likeness (QED) is 0.868. The summed E-state index contributed by atoms with van der Waals surface area (Å²) < 4.78 is 0. The third-order valence-corrected chi connectivity index (χ3v) is 3.79. The van der Waals surface area contributed by atoms with Crippen molar-refractivity contribution in [3.63, 3.8) is 0 Å². The van der Waals surface area contributed by atoms with Crippen molar-refractivity contribution in [2.45, 2.75) is 19.3 Å². The van der Waals surface area contributed by atoms with Gasteiger partial charge in [0, 0.05) is 19.2 Å². The Morgan fingerprint density at radius 3 is 2.91 bits per heavy atom. The zero-order chi connectivity index (χ0) is 15.5. The highest BCUT2D eigenvalue weighted by molar-refractivity contribution is 6.33. The molecular weight excluding hydrogens is 325 g/mol. The van der Waals surface area contributed by atoms with E-state index in [9.17, 15) is 4.79 Å². The number of rotatable bonds is 3. The zero-order valence-electron chi connectivity index (χ0n) is 11.6. The molecule has 0 aliphatic carbocycles. The number of anilines is 3. The van der Waals surface area contributed by atoms with E-state index in [0.29, 0.717) is 35.3 Å². The molecule has 1 fully saturated rings. The molecule has 1 amide bonds. The molecule has 0 unspecified atom stereocenters. The molecule has 0 spiro atoms. The first-order valence-electron chi connectivity index (χ1n) is 6.85. The number of halogens is 2. The third-order valence-electron chi connectivity index (χ3n) is 3.33. The van der Waals surface area contributed by atoms with Crippen LogP contribution in [0.3, 0.4) is 0 Å². The highest BCUT2D eigenvalue weighted by Gasteiger charge is 2.23. The number of piperidine rings is 1. The van der Waals surface area contributed by atoms with Crippen LogP contribution in [0.25, 0.3) is 0 Å². The van der Waals surface area contributed by atoms with E-state index in [4.69, 9.17) is 23.2 Å². The first-order valence-corrected chi connectivity index (χ1v) is 7.61. The molecule has 0 aromatic carbocycles. The molecule has 3 heterocycles. The van der Waals surface area contributed by atoms with Gasteiger partial charge in [0.25, 0.3) is 0 Å². The minimum atomic E-state index is 0.0693. The number of pyridine rings is 1. The Morgan fingerprint density at radius 1 is 1.23 bits per heavy atom. The van der Waals surface area contributed by atoms with Crippen molar-refractivity contribution in [3.8, 4) is 0 Å². The lowest BCUT2D eigenvalue weighted by atomic mass is 10.1. The van der Waals surface area contributed by atoms with Crippen molar-refractivity contribution in [1.29, 1.82) is 0 Å². The minimum absolute atomic E-state index is 0.0693. The molecule has 0 saturated carbocycles. The molecule has 6 nitrogen and oxygen atoms in total. The van der Waals surface area contributed by atoms with Crippen LogP contribution in [-0.2, 0) is 4.79 Å². The minimum Gasteiger partial charge on any atom is -0.336 e. The van der Waals surface area contributed by atoms with E-state index >= 15 is 0 Å². The third kappa shape index (κ3) is 3.13. The van der Waals surface area contributed by atoms with Gasteiger partial charge in [-0.15, -0.1) is 0 Å². The van der Waals surface area contributed by atoms with Crippen LogP contribution in [0.5, 0.6) is 0 Å². The monoisotopic (exact) mass is 337 g/mol. The Kier molecular flexibility index (Phi) is 4.40. The molecule has 1 aliphatic heterocycles. The van der Waals surface area contributed by atoms with E-state index in [1.807, 2.05) is 6.07 Å². The largest absolute Gasteiger partial charge is 0.336 e. The Labute approximate surface area is 137 Å². The summed E-state index contributed by atoms with van der Waals surface area (Å²) >= 11 is 11.9. The Bertz CT molecular complexity index is 709. The summed E-state index contributed by atoms with van der Waals surface area (Å²) in [6.45, 7) is 0.656.